The lowest BCUT2D eigenvalue weighted by Gasteiger charge is -2.22. The average Bonchev–Trinajstić information content (AvgIpc) is 2.57. The van der Waals surface area contributed by atoms with Crippen LogP contribution in [0.5, 0.6) is 0 Å². The van der Waals surface area contributed by atoms with Crippen molar-refractivity contribution in [3.63, 3.8) is 0 Å². The van der Waals surface area contributed by atoms with Crippen LogP contribution in [0.4, 0.5) is 0 Å². The van der Waals surface area contributed by atoms with Crippen LogP contribution in [0.2, 0.25) is 0 Å². The Morgan fingerprint density at radius 1 is 1.00 bits per heavy atom. The maximum atomic E-state index is 10.4. The summed E-state index contributed by atoms with van der Waals surface area (Å²) in [6, 6.07) is 19.4. The molecule has 0 bridgehead atoms. The molecule has 3 heteroatoms. The van der Waals surface area contributed by atoms with Crippen LogP contribution < -0.4 is 0 Å². The first-order valence-electron chi connectivity index (χ1n) is 7.28. The number of aliphatic hydroxyl groups excluding tert-OH is 1. The van der Waals surface area contributed by atoms with Crippen LogP contribution in [0.3, 0.4) is 0 Å². The summed E-state index contributed by atoms with van der Waals surface area (Å²) in [7, 11) is 1.59. The summed E-state index contributed by atoms with van der Waals surface area (Å²) in [5.41, 5.74) is 2.70. The average molecular weight is 298 g/mol. The molecule has 0 saturated heterocycles. The third-order valence-electron chi connectivity index (χ3n) is 3.47. The lowest BCUT2D eigenvalue weighted by Crippen LogP contribution is -2.11. The first kappa shape index (κ1) is 16.4. The fourth-order valence-corrected chi connectivity index (χ4v) is 2.36. The Balaban J connectivity index is 2.09. The zero-order valence-corrected chi connectivity index (χ0v) is 12.8. The lowest BCUT2D eigenvalue weighted by molar-refractivity contribution is -0.0625. The minimum atomic E-state index is -0.592. The van der Waals surface area contributed by atoms with E-state index < -0.39 is 6.10 Å². The summed E-state index contributed by atoms with van der Waals surface area (Å²) in [4.78, 5) is 0. The molecule has 2 atom stereocenters. The summed E-state index contributed by atoms with van der Waals surface area (Å²) in [6.45, 7) is 4.29. The van der Waals surface area contributed by atoms with E-state index in [1.54, 1.807) is 7.11 Å². The summed E-state index contributed by atoms with van der Waals surface area (Å²) in [5.74, 6) is 0. The van der Waals surface area contributed by atoms with Gasteiger partial charge < -0.3 is 14.6 Å². The van der Waals surface area contributed by atoms with E-state index in [0.29, 0.717) is 6.42 Å². The molecule has 3 nitrogen and oxygen atoms in total. The van der Waals surface area contributed by atoms with Gasteiger partial charge in [0, 0.05) is 13.5 Å². The van der Waals surface area contributed by atoms with Crippen LogP contribution >= 0.6 is 0 Å². The van der Waals surface area contributed by atoms with E-state index >= 15 is 0 Å². The van der Waals surface area contributed by atoms with Crippen molar-refractivity contribution in [1.82, 2.24) is 0 Å². The van der Waals surface area contributed by atoms with Crippen LogP contribution in [0.25, 0.3) is 0 Å². The Hall–Kier alpha value is -1.94. The minimum Gasteiger partial charge on any atom is -0.388 e. The van der Waals surface area contributed by atoms with E-state index in [2.05, 4.69) is 6.58 Å². The van der Waals surface area contributed by atoms with Gasteiger partial charge in [0.15, 0.2) is 0 Å². The van der Waals surface area contributed by atoms with E-state index in [9.17, 15) is 5.11 Å². The van der Waals surface area contributed by atoms with Gasteiger partial charge in [-0.2, -0.15) is 0 Å². The van der Waals surface area contributed by atoms with Crippen molar-refractivity contribution in [3.8, 4) is 0 Å². The molecule has 2 aromatic rings. The molecule has 0 aromatic heterocycles. The third kappa shape index (κ3) is 4.53. The highest BCUT2D eigenvalue weighted by Gasteiger charge is 2.19. The van der Waals surface area contributed by atoms with Gasteiger partial charge in [-0.05, 0) is 16.7 Å². The highest BCUT2D eigenvalue weighted by Crippen LogP contribution is 2.31. The second-order valence-corrected chi connectivity index (χ2v) is 5.15. The molecular formula is C19H22O3. The predicted octanol–water partition coefficient (Wildman–Crippen LogP) is 4.03. The number of methoxy groups -OCH3 is 1. The minimum absolute atomic E-state index is 0.181. The van der Waals surface area contributed by atoms with Crippen LogP contribution in [0.1, 0.15) is 29.8 Å². The summed E-state index contributed by atoms with van der Waals surface area (Å²) in [6.07, 6.45) is -0.446. The van der Waals surface area contributed by atoms with E-state index in [1.807, 2.05) is 60.7 Å². The summed E-state index contributed by atoms with van der Waals surface area (Å²) in [5, 5.41) is 10.4. The predicted molar refractivity (Wildman–Crippen MR) is 87.3 cm³/mol. The standard InChI is InChI=1S/C19H22O3/c1-15(13-18(20)16-9-5-3-6-10-16)19(22-14-21-2)17-11-7-4-8-12-17/h3-12,18-20H,1,13-14H2,2H3/t18-,19-/m0/s1. The monoisotopic (exact) mass is 298 g/mol. The molecule has 0 spiro atoms. The van der Waals surface area contributed by atoms with Gasteiger partial charge >= 0.3 is 0 Å². The van der Waals surface area contributed by atoms with Gasteiger partial charge in [-0.15, -0.1) is 0 Å². The molecule has 0 aliphatic rings. The van der Waals surface area contributed by atoms with E-state index in [-0.39, 0.29) is 12.9 Å². The highest BCUT2D eigenvalue weighted by atomic mass is 16.7. The number of benzene rings is 2. The zero-order valence-electron chi connectivity index (χ0n) is 12.8. The first-order valence-corrected chi connectivity index (χ1v) is 7.28. The second kappa shape index (κ2) is 8.49. The molecular weight excluding hydrogens is 276 g/mol. The van der Waals surface area contributed by atoms with E-state index in [4.69, 9.17) is 9.47 Å². The van der Waals surface area contributed by atoms with Gasteiger partial charge in [0.25, 0.3) is 0 Å². The molecule has 0 fully saturated rings. The second-order valence-electron chi connectivity index (χ2n) is 5.15. The fourth-order valence-electron chi connectivity index (χ4n) is 2.36. The SMILES string of the molecule is C=C(C[C@H](O)c1ccccc1)[C@H](OCOC)c1ccccc1. The maximum Gasteiger partial charge on any atom is 0.147 e. The molecule has 2 aromatic carbocycles. The topological polar surface area (TPSA) is 38.7 Å². The lowest BCUT2D eigenvalue weighted by atomic mass is 9.95. The van der Waals surface area contributed by atoms with Crippen LogP contribution in [-0.4, -0.2) is 19.0 Å². The Morgan fingerprint density at radius 2 is 1.55 bits per heavy atom. The van der Waals surface area contributed by atoms with Crippen molar-refractivity contribution in [3.05, 3.63) is 83.9 Å². The molecule has 0 heterocycles. The fraction of sp³-hybridized carbons (Fsp3) is 0.263. The van der Waals surface area contributed by atoms with Crippen molar-refractivity contribution in [2.45, 2.75) is 18.6 Å². The van der Waals surface area contributed by atoms with E-state index in [1.165, 1.54) is 0 Å². The highest BCUT2D eigenvalue weighted by molar-refractivity contribution is 5.27. The number of aliphatic hydroxyl groups is 1. The van der Waals surface area contributed by atoms with Crippen LogP contribution in [0.15, 0.2) is 72.8 Å². The maximum absolute atomic E-state index is 10.4. The molecule has 0 unspecified atom stereocenters. The zero-order chi connectivity index (χ0) is 15.8. The van der Waals surface area contributed by atoms with Gasteiger partial charge in [-0.3, -0.25) is 0 Å². The number of rotatable bonds is 8. The molecule has 1 N–H and O–H groups in total. The Bertz CT molecular complexity index is 566. The van der Waals surface area contributed by atoms with Crippen LogP contribution in [0, 0.1) is 0 Å². The smallest absolute Gasteiger partial charge is 0.147 e. The van der Waals surface area contributed by atoms with Gasteiger partial charge in [0.1, 0.15) is 12.9 Å². The molecule has 2 rings (SSSR count). The molecule has 0 radical (unpaired) electrons. The van der Waals surface area contributed by atoms with Crippen molar-refractivity contribution >= 4 is 0 Å². The molecule has 0 saturated carbocycles. The Kier molecular flexibility index (Phi) is 6.34. The van der Waals surface area contributed by atoms with Gasteiger partial charge in [0.05, 0.1) is 6.10 Å². The number of hydrogen-bond acceptors (Lipinski definition) is 3. The van der Waals surface area contributed by atoms with Crippen molar-refractivity contribution in [2.75, 3.05) is 13.9 Å². The number of ether oxygens (including phenoxy) is 2. The molecule has 22 heavy (non-hydrogen) atoms. The van der Waals surface area contributed by atoms with Crippen molar-refractivity contribution < 1.29 is 14.6 Å². The van der Waals surface area contributed by atoms with Crippen molar-refractivity contribution in [2.24, 2.45) is 0 Å². The quantitative estimate of drug-likeness (QED) is 0.591. The van der Waals surface area contributed by atoms with Crippen molar-refractivity contribution in [1.29, 1.82) is 0 Å². The van der Waals surface area contributed by atoms with E-state index in [0.717, 1.165) is 16.7 Å². The van der Waals surface area contributed by atoms with Gasteiger partial charge in [0.2, 0.25) is 0 Å². The van der Waals surface area contributed by atoms with Crippen LogP contribution in [-0.2, 0) is 9.47 Å². The first-order chi connectivity index (χ1) is 10.7. The van der Waals surface area contributed by atoms with Gasteiger partial charge in [-0.1, -0.05) is 67.2 Å². The molecule has 0 aliphatic carbocycles. The molecule has 0 amide bonds. The largest absolute Gasteiger partial charge is 0.388 e. The third-order valence-corrected chi connectivity index (χ3v) is 3.47. The summed E-state index contributed by atoms with van der Waals surface area (Å²) >= 11 is 0. The number of hydrogen-bond donors (Lipinski definition) is 1. The Morgan fingerprint density at radius 3 is 2.09 bits per heavy atom. The summed E-state index contributed by atoms with van der Waals surface area (Å²) < 4.78 is 10.8. The Labute approximate surface area is 131 Å². The molecule has 116 valence electrons. The van der Waals surface area contributed by atoms with Gasteiger partial charge in [-0.25, -0.2) is 0 Å². The normalized spacial score (nSPS) is 13.5. The molecule has 0 aliphatic heterocycles.